The fraction of sp³-hybridized carbons (Fsp3) is 0.818. The Morgan fingerprint density at radius 2 is 2.14 bits per heavy atom. The summed E-state index contributed by atoms with van der Waals surface area (Å²) >= 11 is 0. The van der Waals surface area contributed by atoms with E-state index in [1.54, 1.807) is 0 Å². The van der Waals surface area contributed by atoms with Crippen LogP contribution >= 0.6 is 0 Å². The first-order chi connectivity index (χ1) is 6.38. The summed E-state index contributed by atoms with van der Waals surface area (Å²) in [6, 6.07) is 0. The highest BCUT2D eigenvalue weighted by Crippen LogP contribution is 2.25. The fourth-order valence-electron chi connectivity index (χ4n) is 1.69. The summed E-state index contributed by atoms with van der Waals surface area (Å²) in [5.74, 6) is -0.113. The molecule has 1 aliphatic rings. The summed E-state index contributed by atoms with van der Waals surface area (Å²) in [4.78, 5) is 22.7. The topological polar surface area (TPSA) is 43.4 Å². The minimum absolute atomic E-state index is 0.0788. The largest absolute Gasteiger partial charge is 0.460 e. The normalized spacial score (nSPS) is 22.5. The predicted octanol–water partition coefficient (Wildman–Crippen LogP) is 2.09. The van der Waals surface area contributed by atoms with Crippen molar-refractivity contribution >= 4 is 11.8 Å². The first-order valence-corrected chi connectivity index (χ1v) is 5.13. The van der Waals surface area contributed by atoms with Gasteiger partial charge in [0.2, 0.25) is 0 Å². The smallest absolute Gasteiger partial charge is 0.307 e. The van der Waals surface area contributed by atoms with Crippen LogP contribution in [0, 0.1) is 5.92 Å². The van der Waals surface area contributed by atoms with Crippen LogP contribution in [0.2, 0.25) is 0 Å². The number of carbonyl (C=O) groups excluding carboxylic acids is 2. The number of ketones is 1. The van der Waals surface area contributed by atoms with Crippen molar-refractivity contribution in [2.75, 3.05) is 0 Å². The zero-order chi connectivity index (χ0) is 10.8. The average Bonchev–Trinajstić information content (AvgIpc) is 2.32. The van der Waals surface area contributed by atoms with Crippen LogP contribution in [0.5, 0.6) is 0 Å². The van der Waals surface area contributed by atoms with Gasteiger partial charge in [0.05, 0.1) is 6.42 Å². The Hall–Kier alpha value is -0.860. The molecule has 0 radical (unpaired) electrons. The number of ether oxygens (including phenoxy) is 1. The number of Topliss-reactive ketones (excluding diaryl/α,β-unsaturated/α-hetero) is 1. The Morgan fingerprint density at radius 3 is 2.57 bits per heavy atom. The van der Waals surface area contributed by atoms with Gasteiger partial charge in [-0.25, -0.2) is 0 Å². The lowest BCUT2D eigenvalue weighted by Gasteiger charge is -2.20. The van der Waals surface area contributed by atoms with Crippen molar-refractivity contribution in [3.8, 4) is 0 Å². The van der Waals surface area contributed by atoms with Crippen LogP contribution in [0.3, 0.4) is 0 Å². The molecule has 0 amide bonds. The number of carbonyl (C=O) groups is 2. The quantitative estimate of drug-likeness (QED) is 0.638. The second-order valence-corrected chi connectivity index (χ2v) is 4.85. The maximum atomic E-state index is 11.4. The molecule has 3 heteroatoms. The average molecular weight is 198 g/mol. The Bertz CT molecular complexity index is 237. The molecule has 0 bridgehead atoms. The van der Waals surface area contributed by atoms with E-state index in [4.69, 9.17) is 4.74 Å². The van der Waals surface area contributed by atoms with E-state index in [0.29, 0.717) is 6.42 Å². The van der Waals surface area contributed by atoms with Gasteiger partial charge in [-0.2, -0.15) is 0 Å². The van der Waals surface area contributed by atoms with Gasteiger partial charge in [0.25, 0.3) is 0 Å². The maximum Gasteiger partial charge on any atom is 0.307 e. The summed E-state index contributed by atoms with van der Waals surface area (Å²) in [6.45, 7) is 5.50. The third kappa shape index (κ3) is 3.48. The Balaban J connectivity index is 2.37. The molecule has 14 heavy (non-hydrogen) atoms. The number of hydrogen-bond acceptors (Lipinski definition) is 3. The van der Waals surface area contributed by atoms with Gasteiger partial charge in [0.1, 0.15) is 11.4 Å². The molecule has 1 unspecified atom stereocenters. The molecule has 80 valence electrons. The zero-order valence-electron chi connectivity index (χ0n) is 9.13. The second kappa shape index (κ2) is 4.11. The summed E-state index contributed by atoms with van der Waals surface area (Å²) < 4.78 is 5.16. The fourth-order valence-corrected chi connectivity index (χ4v) is 1.69. The van der Waals surface area contributed by atoms with Crippen LogP contribution in [0.15, 0.2) is 0 Å². The highest BCUT2D eigenvalue weighted by molar-refractivity contribution is 5.86. The van der Waals surface area contributed by atoms with Crippen LogP contribution in [0.25, 0.3) is 0 Å². The zero-order valence-corrected chi connectivity index (χ0v) is 9.13. The number of esters is 1. The molecule has 0 aromatic heterocycles. The molecule has 1 atom stereocenters. The Morgan fingerprint density at radius 1 is 1.50 bits per heavy atom. The Kier molecular flexibility index (Phi) is 3.29. The van der Waals surface area contributed by atoms with Crippen LogP contribution in [0.4, 0.5) is 0 Å². The molecule has 1 fully saturated rings. The van der Waals surface area contributed by atoms with Crippen molar-refractivity contribution in [3.63, 3.8) is 0 Å². The third-order valence-corrected chi connectivity index (χ3v) is 2.26. The number of hydrogen-bond donors (Lipinski definition) is 0. The summed E-state index contributed by atoms with van der Waals surface area (Å²) in [5, 5.41) is 0. The van der Waals surface area contributed by atoms with Crippen LogP contribution in [-0.2, 0) is 14.3 Å². The second-order valence-electron chi connectivity index (χ2n) is 4.85. The summed E-state index contributed by atoms with van der Waals surface area (Å²) in [7, 11) is 0. The van der Waals surface area contributed by atoms with Gasteiger partial charge >= 0.3 is 5.97 Å². The van der Waals surface area contributed by atoms with E-state index < -0.39 is 5.60 Å². The molecular formula is C11H18O3. The standard InChI is InChI=1S/C11H18O3/c1-11(2,3)14-10(13)7-8-5-4-6-9(8)12/h8H,4-7H2,1-3H3. The maximum absolute atomic E-state index is 11.4. The first-order valence-electron chi connectivity index (χ1n) is 5.13. The van der Waals surface area contributed by atoms with Crippen molar-refractivity contribution in [1.82, 2.24) is 0 Å². The van der Waals surface area contributed by atoms with Crippen LogP contribution in [-0.4, -0.2) is 17.4 Å². The molecule has 0 N–H and O–H groups in total. The highest BCUT2D eigenvalue weighted by atomic mass is 16.6. The van der Waals surface area contributed by atoms with Crippen molar-refractivity contribution < 1.29 is 14.3 Å². The van der Waals surface area contributed by atoms with Gasteiger partial charge in [-0.05, 0) is 33.6 Å². The predicted molar refractivity (Wildman–Crippen MR) is 52.8 cm³/mol. The van der Waals surface area contributed by atoms with Gasteiger partial charge < -0.3 is 4.74 Å². The first kappa shape index (κ1) is 11.2. The van der Waals surface area contributed by atoms with E-state index in [2.05, 4.69) is 0 Å². The molecule has 0 heterocycles. The third-order valence-electron chi connectivity index (χ3n) is 2.26. The molecule has 0 saturated heterocycles. The van der Waals surface area contributed by atoms with Crippen molar-refractivity contribution in [2.45, 2.75) is 52.1 Å². The van der Waals surface area contributed by atoms with Crippen LogP contribution in [0.1, 0.15) is 46.5 Å². The molecular weight excluding hydrogens is 180 g/mol. The SMILES string of the molecule is CC(C)(C)OC(=O)CC1CCCC1=O. The lowest BCUT2D eigenvalue weighted by molar-refractivity contribution is -0.156. The van der Waals surface area contributed by atoms with E-state index in [1.165, 1.54) is 0 Å². The molecule has 0 spiro atoms. The highest BCUT2D eigenvalue weighted by Gasteiger charge is 2.28. The Labute approximate surface area is 84.8 Å². The van der Waals surface area contributed by atoms with Gasteiger partial charge in [0.15, 0.2) is 0 Å². The molecule has 1 rings (SSSR count). The minimum atomic E-state index is -0.446. The van der Waals surface area contributed by atoms with Gasteiger partial charge in [-0.1, -0.05) is 0 Å². The molecule has 0 aliphatic heterocycles. The van der Waals surface area contributed by atoms with Gasteiger partial charge in [-0.15, -0.1) is 0 Å². The minimum Gasteiger partial charge on any atom is -0.460 e. The van der Waals surface area contributed by atoms with E-state index in [9.17, 15) is 9.59 Å². The lowest BCUT2D eigenvalue weighted by Crippen LogP contribution is -2.26. The molecule has 1 aliphatic carbocycles. The van der Waals surface area contributed by atoms with Crippen molar-refractivity contribution in [1.29, 1.82) is 0 Å². The summed E-state index contributed by atoms with van der Waals surface area (Å²) in [5.41, 5.74) is -0.446. The van der Waals surface area contributed by atoms with E-state index in [-0.39, 0.29) is 24.1 Å². The number of rotatable bonds is 2. The van der Waals surface area contributed by atoms with Gasteiger partial charge in [0, 0.05) is 12.3 Å². The van der Waals surface area contributed by atoms with E-state index >= 15 is 0 Å². The van der Waals surface area contributed by atoms with E-state index in [1.807, 2.05) is 20.8 Å². The van der Waals surface area contributed by atoms with E-state index in [0.717, 1.165) is 12.8 Å². The van der Waals surface area contributed by atoms with Crippen molar-refractivity contribution in [3.05, 3.63) is 0 Å². The lowest BCUT2D eigenvalue weighted by atomic mass is 10.0. The molecule has 0 aromatic rings. The van der Waals surface area contributed by atoms with Crippen LogP contribution < -0.4 is 0 Å². The molecule has 3 nitrogen and oxygen atoms in total. The summed E-state index contributed by atoms with van der Waals surface area (Å²) in [6.07, 6.45) is 2.66. The monoisotopic (exact) mass is 198 g/mol. The molecule has 0 aromatic carbocycles. The molecule has 1 saturated carbocycles. The van der Waals surface area contributed by atoms with Crippen molar-refractivity contribution in [2.24, 2.45) is 5.92 Å². The van der Waals surface area contributed by atoms with Gasteiger partial charge in [-0.3, -0.25) is 9.59 Å².